The first-order valence-electron chi connectivity index (χ1n) is 4.20. The number of esters is 1. The van der Waals surface area contributed by atoms with E-state index >= 15 is 0 Å². The summed E-state index contributed by atoms with van der Waals surface area (Å²) in [6, 6.07) is 0. The maximum absolute atomic E-state index is 10.8. The summed E-state index contributed by atoms with van der Waals surface area (Å²) in [7, 11) is 1.41. The van der Waals surface area contributed by atoms with Crippen molar-refractivity contribution in [1.82, 2.24) is 4.98 Å². The minimum atomic E-state index is -0.145. The molecule has 13 heavy (non-hydrogen) atoms. The fraction of sp³-hybridized carbons (Fsp3) is 0.556. The highest BCUT2D eigenvalue weighted by atomic mass is 32.1. The van der Waals surface area contributed by atoms with E-state index in [9.17, 15) is 4.79 Å². The van der Waals surface area contributed by atoms with Crippen LogP contribution in [0.2, 0.25) is 0 Å². The molecule has 0 bridgehead atoms. The maximum atomic E-state index is 10.8. The number of carbonyl (C=O) groups excluding carboxylic acids is 1. The third kappa shape index (κ3) is 3.55. The number of rotatable bonds is 4. The monoisotopic (exact) mass is 199 g/mol. The van der Waals surface area contributed by atoms with E-state index < -0.39 is 0 Å². The highest BCUT2D eigenvalue weighted by Crippen LogP contribution is 2.11. The first kappa shape index (κ1) is 10.2. The van der Waals surface area contributed by atoms with Crippen LogP contribution in [0.1, 0.15) is 23.5 Å². The Morgan fingerprint density at radius 2 is 2.46 bits per heavy atom. The Morgan fingerprint density at radius 3 is 3.00 bits per heavy atom. The predicted molar refractivity (Wildman–Crippen MR) is 51.8 cm³/mol. The number of aromatic nitrogens is 1. The van der Waals surface area contributed by atoms with Gasteiger partial charge in [0.25, 0.3) is 0 Å². The molecule has 1 aromatic rings. The van der Waals surface area contributed by atoms with Crippen molar-refractivity contribution in [3.8, 4) is 0 Å². The minimum absolute atomic E-state index is 0.145. The van der Waals surface area contributed by atoms with Crippen molar-refractivity contribution in [1.29, 1.82) is 0 Å². The molecule has 0 saturated carbocycles. The van der Waals surface area contributed by atoms with Crippen LogP contribution >= 0.6 is 11.3 Å². The number of hydrogen-bond acceptors (Lipinski definition) is 4. The fourth-order valence-electron chi connectivity index (χ4n) is 1.00. The molecule has 0 spiro atoms. The molecule has 0 fully saturated rings. The number of hydrogen-bond donors (Lipinski definition) is 0. The average Bonchev–Trinajstić information content (AvgIpc) is 2.51. The second-order valence-electron chi connectivity index (χ2n) is 2.81. The van der Waals surface area contributed by atoms with Crippen LogP contribution in [-0.2, 0) is 16.0 Å². The van der Waals surface area contributed by atoms with E-state index in [0.717, 1.165) is 23.5 Å². The highest BCUT2D eigenvalue weighted by Gasteiger charge is 2.02. The van der Waals surface area contributed by atoms with Crippen molar-refractivity contribution in [2.45, 2.75) is 26.2 Å². The summed E-state index contributed by atoms with van der Waals surface area (Å²) in [4.78, 5) is 15.1. The van der Waals surface area contributed by atoms with Gasteiger partial charge in [0.15, 0.2) is 0 Å². The molecule has 4 heteroatoms. The van der Waals surface area contributed by atoms with E-state index in [0.29, 0.717) is 6.42 Å². The van der Waals surface area contributed by atoms with Crippen LogP contribution in [0.3, 0.4) is 0 Å². The molecule has 0 atom stereocenters. The molecule has 0 N–H and O–H groups in total. The molecule has 0 amide bonds. The number of nitrogens with zero attached hydrogens (tertiary/aromatic N) is 1. The third-order valence-corrected chi connectivity index (χ3v) is 2.69. The lowest BCUT2D eigenvalue weighted by Crippen LogP contribution is -2.00. The molecule has 0 saturated heterocycles. The first-order chi connectivity index (χ1) is 6.22. The van der Waals surface area contributed by atoms with Crippen molar-refractivity contribution in [3.63, 3.8) is 0 Å². The normalized spacial score (nSPS) is 10.0. The summed E-state index contributed by atoms with van der Waals surface area (Å²) >= 11 is 1.65. The molecule has 1 heterocycles. The van der Waals surface area contributed by atoms with Crippen LogP contribution in [0.5, 0.6) is 0 Å². The molecule has 0 aromatic carbocycles. The van der Waals surface area contributed by atoms with Crippen LogP contribution in [0.15, 0.2) is 5.38 Å². The second kappa shape index (κ2) is 4.97. The predicted octanol–water partition coefficient (Wildman–Crippen LogP) is 1.95. The maximum Gasteiger partial charge on any atom is 0.305 e. The van der Waals surface area contributed by atoms with Crippen LogP contribution in [0, 0.1) is 6.92 Å². The number of ether oxygens (including phenoxy) is 1. The molecular formula is C9H13NO2S. The zero-order chi connectivity index (χ0) is 9.68. The fourth-order valence-corrected chi connectivity index (χ4v) is 1.82. The SMILES string of the molecule is COC(=O)CCCc1nc(C)cs1. The topological polar surface area (TPSA) is 39.2 Å². The summed E-state index contributed by atoms with van der Waals surface area (Å²) in [5.74, 6) is -0.145. The molecule has 3 nitrogen and oxygen atoms in total. The number of methoxy groups -OCH3 is 1. The molecular weight excluding hydrogens is 186 g/mol. The zero-order valence-corrected chi connectivity index (χ0v) is 8.69. The van der Waals surface area contributed by atoms with Crippen molar-refractivity contribution in [2.75, 3.05) is 7.11 Å². The first-order valence-corrected chi connectivity index (χ1v) is 5.08. The van der Waals surface area contributed by atoms with Crippen LogP contribution in [-0.4, -0.2) is 18.1 Å². The number of carbonyl (C=O) groups is 1. The van der Waals surface area contributed by atoms with Crippen molar-refractivity contribution >= 4 is 17.3 Å². The van der Waals surface area contributed by atoms with Gasteiger partial charge in [-0.3, -0.25) is 4.79 Å². The van der Waals surface area contributed by atoms with Crippen LogP contribution in [0.25, 0.3) is 0 Å². The lowest BCUT2D eigenvalue weighted by Gasteiger charge is -1.96. The van der Waals surface area contributed by atoms with Gasteiger partial charge in [-0.15, -0.1) is 11.3 Å². The van der Waals surface area contributed by atoms with Gasteiger partial charge in [-0.05, 0) is 19.8 Å². The van der Waals surface area contributed by atoms with Gasteiger partial charge in [-0.1, -0.05) is 0 Å². The molecule has 0 aliphatic carbocycles. The lowest BCUT2D eigenvalue weighted by molar-refractivity contribution is -0.140. The Labute approximate surface area is 81.8 Å². The Bertz CT molecular complexity index is 283. The summed E-state index contributed by atoms with van der Waals surface area (Å²) in [6.45, 7) is 1.97. The van der Waals surface area contributed by atoms with Crippen molar-refractivity contribution < 1.29 is 9.53 Å². The molecule has 0 radical (unpaired) electrons. The van der Waals surface area contributed by atoms with Gasteiger partial charge in [0, 0.05) is 17.5 Å². The minimum Gasteiger partial charge on any atom is -0.469 e. The quantitative estimate of drug-likeness (QED) is 0.696. The molecule has 1 rings (SSSR count). The Kier molecular flexibility index (Phi) is 3.89. The van der Waals surface area contributed by atoms with Gasteiger partial charge in [0.1, 0.15) is 0 Å². The van der Waals surface area contributed by atoms with E-state index in [-0.39, 0.29) is 5.97 Å². The second-order valence-corrected chi connectivity index (χ2v) is 3.75. The van der Waals surface area contributed by atoms with Crippen molar-refractivity contribution in [3.05, 3.63) is 16.1 Å². The van der Waals surface area contributed by atoms with E-state index in [1.807, 2.05) is 12.3 Å². The summed E-state index contributed by atoms with van der Waals surface area (Å²) < 4.78 is 4.54. The van der Waals surface area contributed by atoms with Gasteiger partial charge in [-0.2, -0.15) is 0 Å². The van der Waals surface area contributed by atoms with E-state index in [2.05, 4.69) is 9.72 Å². The Balaban J connectivity index is 2.24. The summed E-state index contributed by atoms with van der Waals surface area (Å²) in [5, 5.41) is 3.12. The van der Waals surface area contributed by atoms with Gasteiger partial charge in [0.05, 0.1) is 12.1 Å². The van der Waals surface area contributed by atoms with Gasteiger partial charge >= 0.3 is 5.97 Å². The van der Waals surface area contributed by atoms with E-state index in [4.69, 9.17) is 0 Å². The number of thiazole rings is 1. The zero-order valence-electron chi connectivity index (χ0n) is 7.87. The highest BCUT2D eigenvalue weighted by molar-refractivity contribution is 7.09. The summed E-state index contributed by atoms with van der Waals surface area (Å²) in [5.41, 5.74) is 1.05. The van der Waals surface area contributed by atoms with Crippen LogP contribution in [0.4, 0.5) is 0 Å². The molecule has 0 aliphatic rings. The molecule has 1 aromatic heterocycles. The molecule has 72 valence electrons. The smallest absolute Gasteiger partial charge is 0.305 e. The molecule has 0 aliphatic heterocycles. The Morgan fingerprint density at radius 1 is 1.69 bits per heavy atom. The standard InChI is InChI=1S/C9H13NO2S/c1-7-6-13-8(10-7)4-3-5-9(11)12-2/h6H,3-5H2,1-2H3. The molecule has 0 unspecified atom stereocenters. The van der Waals surface area contributed by atoms with E-state index in [1.165, 1.54) is 7.11 Å². The lowest BCUT2D eigenvalue weighted by atomic mass is 10.2. The Hall–Kier alpha value is -0.900. The number of aryl methyl sites for hydroxylation is 2. The average molecular weight is 199 g/mol. The van der Waals surface area contributed by atoms with E-state index in [1.54, 1.807) is 11.3 Å². The van der Waals surface area contributed by atoms with Crippen LogP contribution < -0.4 is 0 Å². The third-order valence-electron chi connectivity index (χ3n) is 1.67. The van der Waals surface area contributed by atoms with Gasteiger partial charge < -0.3 is 4.74 Å². The van der Waals surface area contributed by atoms with Gasteiger partial charge in [0.2, 0.25) is 0 Å². The van der Waals surface area contributed by atoms with Crippen molar-refractivity contribution in [2.24, 2.45) is 0 Å². The summed E-state index contributed by atoms with van der Waals surface area (Å²) in [6.07, 6.45) is 2.17. The largest absolute Gasteiger partial charge is 0.469 e. The van der Waals surface area contributed by atoms with Gasteiger partial charge in [-0.25, -0.2) is 4.98 Å².